The predicted octanol–water partition coefficient (Wildman–Crippen LogP) is 2.43. The van der Waals surface area contributed by atoms with Gasteiger partial charge in [0.2, 0.25) is 0 Å². The zero-order chi connectivity index (χ0) is 13.9. The Morgan fingerprint density at radius 1 is 1.06 bits per heavy atom. The smallest absolute Gasteiger partial charge is 0.405 e. The van der Waals surface area contributed by atoms with E-state index >= 15 is 0 Å². The molecule has 0 aromatic rings. The van der Waals surface area contributed by atoms with Crippen molar-refractivity contribution >= 4 is 0 Å². The highest BCUT2D eigenvalue weighted by atomic mass is 19.4. The molecule has 0 bridgehead atoms. The first kappa shape index (κ1) is 15.6. The number of hydrogen-bond acceptors (Lipinski definition) is 2. The zero-order valence-corrected chi connectivity index (χ0v) is 8.31. The van der Waals surface area contributed by atoms with Crippen molar-refractivity contribution in [3.8, 4) is 0 Å². The molecule has 0 saturated carbocycles. The summed E-state index contributed by atoms with van der Waals surface area (Å²) in [6.07, 6.45) is -10.0. The molecule has 0 aromatic carbocycles. The molecule has 0 aliphatic rings. The van der Waals surface area contributed by atoms with Gasteiger partial charge in [0.1, 0.15) is 0 Å². The van der Waals surface area contributed by atoms with E-state index in [-0.39, 0.29) is 0 Å². The Balaban J connectivity index is 5.96. The van der Waals surface area contributed by atoms with Crippen molar-refractivity contribution in [2.24, 2.45) is 5.73 Å². The maximum absolute atomic E-state index is 12.4. The van der Waals surface area contributed by atoms with Crippen molar-refractivity contribution in [1.82, 2.24) is 0 Å². The monoisotopic (exact) mass is 261 g/mol. The van der Waals surface area contributed by atoms with Crippen molar-refractivity contribution in [2.45, 2.75) is 18.0 Å². The molecule has 0 aromatic heterocycles. The third kappa shape index (κ3) is 2.82. The van der Waals surface area contributed by atoms with Crippen molar-refractivity contribution in [3.05, 3.63) is 36.6 Å². The molecule has 0 aliphatic heterocycles. The summed E-state index contributed by atoms with van der Waals surface area (Å²) in [7, 11) is 0. The number of rotatable bonds is 3. The highest BCUT2D eigenvalue weighted by Gasteiger charge is 2.71. The molecule has 0 atom stereocenters. The van der Waals surface area contributed by atoms with Crippen LogP contribution in [0.25, 0.3) is 0 Å². The number of nitrogens with two attached hydrogens (primary N) is 1. The lowest BCUT2D eigenvalue weighted by molar-refractivity contribution is -0.350. The Labute approximate surface area is 92.7 Å². The maximum Gasteiger partial charge on any atom is 0.430 e. The summed E-state index contributed by atoms with van der Waals surface area (Å²) in [4.78, 5) is 0. The van der Waals surface area contributed by atoms with Crippen LogP contribution in [0.5, 0.6) is 0 Å². The number of hydrogen-bond donors (Lipinski definition) is 2. The van der Waals surface area contributed by atoms with E-state index in [9.17, 15) is 26.3 Å². The average Bonchev–Trinajstić information content (AvgIpc) is 2.12. The number of allylic oxidation sites excluding steroid dienone is 2. The van der Waals surface area contributed by atoms with Crippen LogP contribution in [0.3, 0.4) is 0 Å². The lowest BCUT2D eigenvalue weighted by Gasteiger charge is -2.33. The van der Waals surface area contributed by atoms with E-state index in [4.69, 9.17) is 10.8 Å². The van der Waals surface area contributed by atoms with Crippen LogP contribution in [0.2, 0.25) is 0 Å². The number of halogens is 6. The second-order valence-corrected chi connectivity index (χ2v) is 2.92. The van der Waals surface area contributed by atoms with Crippen molar-refractivity contribution < 1.29 is 31.4 Å². The van der Waals surface area contributed by atoms with Crippen LogP contribution in [0.4, 0.5) is 26.3 Å². The van der Waals surface area contributed by atoms with Crippen LogP contribution in [0.15, 0.2) is 36.6 Å². The fourth-order valence-corrected chi connectivity index (χ4v) is 1.02. The van der Waals surface area contributed by atoms with Gasteiger partial charge in [-0.15, -0.1) is 0 Å². The van der Waals surface area contributed by atoms with Crippen LogP contribution in [0.1, 0.15) is 0 Å². The molecule has 3 N–H and O–H groups in total. The van der Waals surface area contributed by atoms with E-state index in [1.54, 1.807) is 0 Å². The van der Waals surface area contributed by atoms with Gasteiger partial charge in [-0.3, -0.25) is 0 Å². The van der Waals surface area contributed by atoms with E-state index in [1.165, 1.54) is 0 Å². The van der Waals surface area contributed by atoms with E-state index in [2.05, 4.69) is 6.58 Å². The summed E-state index contributed by atoms with van der Waals surface area (Å²) < 4.78 is 74.3. The summed E-state index contributed by atoms with van der Waals surface area (Å²) in [6.45, 7) is 2.96. The summed E-state index contributed by atoms with van der Waals surface area (Å²) in [6, 6.07) is 0. The first-order valence-electron chi connectivity index (χ1n) is 4.09. The summed E-state index contributed by atoms with van der Waals surface area (Å²) in [5.74, 6) is 0. The third-order valence-electron chi connectivity index (χ3n) is 1.81. The Morgan fingerprint density at radius 3 is 1.71 bits per heavy atom. The van der Waals surface area contributed by atoms with Crippen LogP contribution in [-0.4, -0.2) is 23.1 Å². The second kappa shape index (κ2) is 4.82. The Bertz CT molecular complexity index is 324. The zero-order valence-electron chi connectivity index (χ0n) is 8.31. The molecule has 2 nitrogen and oxygen atoms in total. The standard InChI is InChI=1S/C9H9F6NO/c1-2-3-6(4-5-16)7(17,8(10,11)12)9(13,14)15/h2-5,17H,1,16H2/b5-4-,6-3+. The molecule has 0 unspecified atom stereocenters. The maximum atomic E-state index is 12.4. The highest BCUT2D eigenvalue weighted by Crippen LogP contribution is 2.47. The molecular weight excluding hydrogens is 252 g/mol. The molecule has 0 aliphatic carbocycles. The van der Waals surface area contributed by atoms with E-state index < -0.39 is 23.5 Å². The van der Waals surface area contributed by atoms with Gasteiger partial charge in [0.15, 0.2) is 0 Å². The molecular formula is C9H9F6NO. The Kier molecular flexibility index (Phi) is 4.41. The van der Waals surface area contributed by atoms with Crippen LogP contribution in [0, 0.1) is 0 Å². The van der Waals surface area contributed by atoms with Gasteiger partial charge in [-0.1, -0.05) is 18.7 Å². The molecule has 0 amide bonds. The minimum absolute atomic E-state index is 0.308. The molecule has 0 fully saturated rings. The summed E-state index contributed by atoms with van der Waals surface area (Å²) in [5, 5.41) is 8.93. The fourth-order valence-electron chi connectivity index (χ4n) is 1.02. The topological polar surface area (TPSA) is 46.2 Å². The molecule has 0 spiro atoms. The van der Waals surface area contributed by atoms with Gasteiger partial charge in [0, 0.05) is 5.57 Å². The Morgan fingerprint density at radius 2 is 1.47 bits per heavy atom. The molecule has 0 heterocycles. The van der Waals surface area contributed by atoms with Gasteiger partial charge in [0.05, 0.1) is 0 Å². The van der Waals surface area contributed by atoms with Crippen LogP contribution in [-0.2, 0) is 0 Å². The molecule has 17 heavy (non-hydrogen) atoms. The Hall–Kier alpha value is -1.44. The van der Waals surface area contributed by atoms with Crippen molar-refractivity contribution in [2.75, 3.05) is 0 Å². The molecule has 98 valence electrons. The summed E-state index contributed by atoms with van der Waals surface area (Å²) in [5.41, 5.74) is -1.70. The van der Waals surface area contributed by atoms with E-state index in [0.29, 0.717) is 24.4 Å². The van der Waals surface area contributed by atoms with Gasteiger partial charge < -0.3 is 10.8 Å². The SMILES string of the molecule is C=C/C=C(\C=C/N)C(O)(C(F)(F)F)C(F)(F)F. The van der Waals surface area contributed by atoms with Crippen LogP contribution >= 0.6 is 0 Å². The molecule has 0 saturated heterocycles. The molecule has 8 heteroatoms. The quantitative estimate of drug-likeness (QED) is 0.605. The minimum Gasteiger partial charge on any atom is -0.405 e. The fraction of sp³-hybridized carbons (Fsp3) is 0.333. The van der Waals surface area contributed by atoms with Gasteiger partial charge in [-0.25, -0.2) is 0 Å². The lowest BCUT2D eigenvalue weighted by atomic mass is 9.91. The lowest BCUT2D eigenvalue weighted by Crippen LogP contribution is -2.57. The van der Waals surface area contributed by atoms with Crippen LogP contribution < -0.4 is 5.73 Å². The van der Waals surface area contributed by atoms with Crippen molar-refractivity contribution in [3.63, 3.8) is 0 Å². The second-order valence-electron chi connectivity index (χ2n) is 2.92. The first-order valence-corrected chi connectivity index (χ1v) is 4.09. The van der Waals surface area contributed by atoms with Gasteiger partial charge in [0.25, 0.3) is 5.60 Å². The first-order chi connectivity index (χ1) is 7.52. The van der Waals surface area contributed by atoms with Gasteiger partial charge in [-0.05, 0) is 12.3 Å². The third-order valence-corrected chi connectivity index (χ3v) is 1.81. The summed E-state index contributed by atoms with van der Waals surface area (Å²) >= 11 is 0. The molecule has 0 rings (SSSR count). The molecule has 0 radical (unpaired) electrons. The van der Waals surface area contributed by atoms with Gasteiger partial charge >= 0.3 is 12.4 Å². The van der Waals surface area contributed by atoms with E-state index in [0.717, 1.165) is 0 Å². The van der Waals surface area contributed by atoms with E-state index in [1.807, 2.05) is 0 Å². The normalized spacial score (nSPS) is 15.4. The number of aliphatic hydroxyl groups is 1. The van der Waals surface area contributed by atoms with Gasteiger partial charge in [-0.2, -0.15) is 26.3 Å². The van der Waals surface area contributed by atoms with Crippen molar-refractivity contribution in [1.29, 1.82) is 0 Å². The average molecular weight is 261 g/mol. The minimum atomic E-state index is -5.93. The highest BCUT2D eigenvalue weighted by molar-refractivity contribution is 5.35. The largest absolute Gasteiger partial charge is 0.430 e. The predicted molar refractivity (Wildman–Crippen MR) is 48.7 cm³/mol. The number of alkyl halides is 6.